The quantitative estimate of drug-likeness (QED) is 0.758. The first-order valence-corrected chi connectivity index (χ1v) is 5.32. The zero-order valence-electron chi connectivity index (χ0n) is 10.5. The van der Waals surface area contributed by atoms with Crippen molar-refractivity contribution in [2.45, 2.75) is 19.4 Å². The van der Waals surface area contributed by atoms with Crippen molar-refractivity contribution in [3.63, 3.8) is 0 Å². The number of nitrogens with one attached hydrogen (secondary N) is 1. The molecule has 6 heteroatoms. The SMILES string of the molecule is CN(C(=O)NC(C)(C)C(=O)O)c1ccc(O)cc1. The molecule has 2 amide bonds. The summed E-state index contributed by atoms with van der Waals surface area (Å²) in [5.74, 6) is -1.02. The fourth-order valence-electron chi connectivity index (χ4n) is 1.20. The molecule has 0 aliphatic carbocycles. The van der Waals surface area contributed by atoms with E-state index in [1.807, 2.05) is 0 Å². The summed E-state index contributed by atoms with van der Waals surface area (Å²) in [7, 11) is 1.51. The number of amides is 2. The van der Waals surface area contributed by atoms with Crippen LogP contribution in [0, 0.1) is 0 Å². The molecule has 0 spiro atoms. The highest BCUT2D eigenvalue weighted by atomic mass is 16.4. The lowest BCUT2D eigenvalue weighted by Gasteiger charge is -2.25. The second-order valence-corrected chi connectivity index (χ2v) is 4.44. The molecule has 6 nitrogen and oxygen atoms in total. The van der Waals surface area contributed by atoms with Crippen LogP contribution in [0.4, 0.5) is 10.5 Å². The minimum Gasteiger partial charge on any atom is -0.508 e. The molecule has 0 heterocycles. The second kappa shape index (κ2) is 4.95. The largest absolute Gasteiger partial charge is 0.508 e. The number of benzene rings is 1. The minimum atomic E-state index is -1.34. The Morgan fingerprint density at radius 3 is 2.17 bits per heavy atom. The predicted molar refractivity (Wildman–Crippen MR) is 66.8 cm³/mol. The van der Waals surface area contributed by atoms with Crippen molar-refractivity contribution in [2.24, 2.45) is 0 Å². The first-order chi connectivity index (χ1) is 8.24. The Hall–Kier alpha value is -2.24. The zero-order valence-corrected chi connectivity index (χ0v) is 10.5. The Morgan fingerprint density at radius 1 is 1.22 bits per heavy atom. The lowest BCUT2D eigenvalue weighted by molar-refractivity contribution is -0.142. The van der Waals surface area contributed by atoms with Gasteiger partial charge >= 0.3 is 12.0 Å². The molecule has 0 radical (unpaired) electrons. The van der Waals surface area contributed by atoms with Crippen LogP contribution in [0.15, 0.2) is 24.3 Å². The molecule has 98 valence electrons. The average Bonchev–Trinajstić information content (AvgIpc) is 2.28. The van der Waals surface area contributed by atoms with Crippen LogP contribution in [0.25, 0.3) is 0 Å². The zero-order chi connectivity index (χ0) is 13.9. The number of carbonyl (C=O) groups excluding carboxylic acids is 1. The van der Waals surface area contributed by atoms with E-state index in [1.165, 1.54) is 37.9 Å². The van der Waals surface area contributed by atoms with E-state index in [0.29, 0.717) is 5.69 Å². The average molecular weight is 252 g/mol. The molecule has 0 saturated carbocycles. The number of hydrogen-bond donors (Lipinski definition) is 3. The van der Waals surface area contributed by atoms with Gasteiger partial charge in [-0.05, 0) is 38.1 Å². The van der Waals surface area contributed by atoms with E-state index in [-0.39, 0.29) is 5.75 Å². The van der Waals surface area contributed by atoms with Crippen molar-refractivity contribution in [3.05, 3.63) is 24.3 Å². The number of nitrogens with zero attached hydrogens (tertiary/aromatic N) is 1. The summed E-state index contributed by atoms with van der Waals surface area (Å²) in [6.45, 7) is 2.80. The highest BCUT2D eigenvalue weighted by Crippen LogP contribution is 2.17. The lowest BCUT2D eigenvalue weighted by Crippen LogP contribution is -2.53. The first-order valence-electron chi connectivity index (χ1n) is 5.32. The van der Waals surface area contributed by atoms with E-state index < -0.39 is 17.5 Å². The van der Waals surface area contributed by atoms with Gasteiger partial charge in [0.2, 0.25) is 0 Å². The lowest BCUT2D eigenvalue weighted by atomic mass is 10.1. The predicted octanol–water partition coefficient (Wildman–Crippen LogP) is 1.40. The molecular formula is C12H16N2O4. The van der Waals surface area contributed by atoms with Crippen LogP contribution in [-0.4, -0.2) is 34.8 Å². The van der Waals surface area contributed by atoms with Crippen molar-refractivity contribution < 1.29 is 19.8 Å². The van der Waals surface area contributed by atoms with Gasteiger partial charge in [0.1, 0.15) is 11.3 Å². The summed E-state index contributed by atoms with van der Waals surface area (Å²) in [6.07, 6.45) is 0. The van der Waals surface area contributed by atoms with E-state index in [9.17, 15) is 9.59 Å². The number of carbonyl (C=O) groups is 2. The molecule has 0 bridgehead atoms. The molecule has 0 aliphatic heterocycles. The van der Waals surface area contributed by atoms with Crippen molar-refractivity contribution in [1.82, 2.24) is 5.32 Å². The normalized spacial score (nSPS) is 10.8. The van der Waals surface area contributed by atoms with Crippen molar-refractivity contribution in [1.29, 1.82) is 0 Å². The highest BCUT2D eigenvalue weighted by molar-refractivity contribution is 5.95. The molecular weight excluding hydrogens is 236 g/mol. The van der Waals surface area contributed by atoms with Gasteiger partial charge in [-0.3, -0.25) is 4.90 Å². The summed E-state index contributed by atoms with van der Waals surface area (Å²) < 4.78 is 0. The van der Waals surface area contributed by atoms with Crippen molar-refractivity contribution in [3.8, 4) is 5.75 Å². The minimum absolute atomic E-state index is 0.0958. The van der Waals surface area contributed by atoms with Gasteiger partial charge in [0, 0.05) is 12.7 Å². The van der Waals surface area contributed by atoms with Crippen LogP contribution in [0.2, 0.25) is 0 Å². The number of rotatable bonds is 3. The maximum absolute atomic E-state index is 11.8. The van der Waals surface area contributed by atoms with E-state index in [2.05, 4.69) is 5.32 Å². The number of carboxylic acids is 1. The molecule has 0 unspecified atom stereocenters. The van der Waals surface area contributed by atoms with E-state index >= 15 is 0 Å². The molecule has 3 N–H and O–H groups in total. The summed E-state index contributed by atoms with van der Waals surface area (Å²) in [5, 5.41) is 20.4. The van der Waals surface area contributed by atoms with Crippen molar-refractivity contribution in [2.75, 3.05) is 11.9 Å². The molecule has 0 atom stereocenters. The first kappa shape index (κ1) is 13.8. The number of anilines is 1. The molecule has 1 aromatic carbocycles. The highest BCUT2D eigenvalue weighted by Gasteiger charge is 2.30. The summed E-state index contributed by atoms with van der Waals surface area (Å²) in [5.41, 5.74) is -0.797. The molecule has 0 saturated heterocycles. The number of hydrogen-bond acceptors (Lipinski definition) is 3. The molecule has 1 aromatic rings. The third-order valence-corrected chi connectivity index (χ3v) is 2.50. The van der Waals surface area contributed by atoms with Crippen LogP contribution in [-0.2, 0) is 4.79 Å². The van der Waals surface area contributed by atoms with Gasteiger partial charge in [-0.1, -0.05) is 0 Å². The number of phenolic OH excluding ortho intramolecular Hbond substituents is 1. The van der Waals surface area contributed by atoms with Crippen molar-refractivity contribution >= 4 is 17.7 Å². The fourth-order valence-corrected chi connectivity index (χ4v) is 1.20. The molecule has 0 fully saturated rings. The van der Waals surface area contributed by atoms with Gasteiger partial charge in [0.25, 0.3) is 0 Å². The van der Waals surface area contributed by atoms with E-state index in [4.69, 9.17) is 10.2 Å². The number of aromatic hydroxyl groups is 1. The van der Waals surface area contributed by atoms with Gasteiger partial charge in [-0.2, -0.15) is 0 Å². The maximum atomic E-state index is 11.8. The Kier molecular flexibility index (Phi) is 3.80. The van der Waals surface area contributed by atoms with Gasteiger partial charge in [0.05, 0.1) is 0 Å². The van der Waals surface area contributed by atoms with Crippen LogP contribution < -0.4 is 10.2 Å². The van der Waals surface area contributed by atoms with Gasteiger partial charge in [-0.25, -0.2) is 9.59 Å². The fraction of sp³-hybridized carbons (Fsp3) is 0.333. The smallest absolute Gasteiger partial charge is 0.328 e. The standard InChI is InChI=1S/C12H16N2O4/c1-12(2,10(16)17)13-11(18)14(3)8-4-6-9(15)7-5-8/h4-7,15H,1-3H3,(H,13,18)(H,16,17). The maximum Gasteiger partial charge on any atom is 0.328 e. The molecule has 0 aromatic heterocycles. The van der Waals surface area contributed by atoms with E-state index in [1.54, 1.807) is 12.1 Å². The summed E-state index contributed by atoms with van der Waals surface area (Å²) >= 11 is 0. The molecule has 18 heavy (non-hydrogen) atoms. The number of aliphatic carboxylic acids is 1. The topological polar surface area (TPSA) is 89.9 Å². The van der Waals surface area contributed by atoms with Crippen LogP contribution >= 0.6 is 0 Å². The third-order valence-electron chi connectivity index (χ3n) is 2.50. The Bertz CT molecular complexity index is 454. The molecule has 1 rings (SSSR count). The van der Waals surface area contributed by atoms with Gasteiger partial charge in [0.15, 0.2) is 0 Å². The van der Waals surface area contributed by atoms with Gasteiger partial charge in [-0.15, -0.1) is 0 Å². The number of phenols is 1. The Morgan fingerprint density at radius 2 is 1.72 bits per heavy atom. The third kappa shape index (κ3) is 3.13. The van der Waals surface area contributed by atoms with Crippen LogP contribution in [0.3, 0.4) is 0 Å². The number of urea groups is 1. The summed E-state index contributed by atoms with van der Waals surface area (Å²) in [4.78, 5) is 24.0. The molecule has 0 aliphatic rings. The second-order valence-electron chi connectivity index (χ2n) is 4.44. The van der Waals surface area contributed by atoms with Crippen LogP contribution in [0.5, 0.6) is 5.75 Å². The van der Waals surface area contributed by atoms with Gasteiger partial charge < -0.3 is 15.5 Å². The van der Waals surface area contributed by atoms with Crippen LogP contribution in [0.1, 0.15) is 13.8 Å². The number of carboxylic acid groups (broad SMARTS) is 1. The Labute approximate surface area is 105 Å². The van der Waals surface area contributed by atoms with E-state index in [0.717, 1.165) is 0 Å². The Balaban J connectivity index is 2.79. The monoisotopic (exact) mass is 252 g/mol. The summed E-state index contributed by atoms with van der Waals surface area (Å²) in [6, 6.07) is 5.47.